The van der Waals surface area contributed by atoms with Crippen LogP contribution < -0.4 is 5.32 Å². The van der Waals surface area contributed by atoms with Gasteiger partial charge in [-0.3, -0.25) is 4.98 Å². The van der Waals surface area contributed by atoms with Crippen molar-refractivity contribution in [2.75, 3.05) is 11.9 Å². The number of nitrogens with one attached hydrogen (secondary N) is 1. The third-order valence-corrected chi connectivity index (χ3v) is 2.02. The first-order valence-corrected chi connectivity index (χ1v) is 3.62. The van der Waals surface area contributed by atoms with Gasteiger partial charge in [-0.15, -0.1) is 0 Å². The fourth-order valence-electron chi connectivity index (χ4n) is 1.19. The molecule has 0 spiro atoms. The van der Waals surface area contributed by atoms with Gasteiger partial charge in [-0.2, -0.15) is 0 Å². The molecule has 52 valence electrons. The summed E-state index contributed by atoms with van der Waals surface area (Å²) < 4.78 is 0. The number of anilines is 1. The second kappa shape index (κ2) is 2.13. The lowest BCUT2D eigenvalue weighted by Crippen LogP contribution is -1.90. The van der Waals surface area contributed by atoms with Crippen LogP contribution in [0.5, 0.6) is 0 Å². The average molecular weight is 155 g/mol. The maximum Gasteiger partial charge on any atom is 0.0642 e. The summed E-state index contributed by atoms with van der Waals surface area (Å²) in [6.07, 6.45) is 4.53. The predicted molar refractivity (Wildman–Crippen MR) is 41.4 cm³/mol. The Morgan fingerprint density at radius 1 is 1.50 bits per heavy atom. The zero-order valence-electron chi connectivity index (χ0n) is 5.39. The Bertz CT molecular complexity index is 260. The minimum atomic E-state index is 0.780. The van der Waals surface area contributed by atoms with E-state index in [-0.39, 0.29) is 0 Å². The maximum atomic E-state index is 5.87. The molecule has 1 aromatic rings. The van der Waals surface area contributed by atoms with Crippen molar-refractivity contribution in [3.05, 3.63) is 23.0 Å². The van der Waals surface area contributed by atoms with Gasteiger partial charge in [0.2, 0.25) is 0 Å². The van der Waals surface area contributed by atoms with E-state index in [4.69, 9.17) is 11.6 Å². The number of nitrogens with zero attached hydrogens (tertiary/aromatic N) is 1. The molecule has 0 aromatic carbocycles. The highest BCUT2D eigenvalue weighted by atomic mass is 35.5. The van der Waals surface area contributed by atoms with Crippen molar-refractivity contribution in [3.8, 4) is 0 Å². The van der Waals surface area contributed by atoms with Gasteiger partial charge >= 0.3 is 0 Å². The van der Waals surface area contributed by atoms with E-state index in [9.17, 15) is 0 Å². The molecule has 0 bridgehead atoms. The number of pyridine rings is 1. The van der Waals surface area contributed by atoms with Gasteiger partial charge in [0.25, 0.3) is 0 Å². The molecule has 0 saturated carbocycles. The van der Waals surface area contributed by atoms with Crippen LogP contribution in [0.25, 0.3) is 0 Å². The number of fused-ring (bicyclic) bond motifs is 1. The zero-order valence-corrected chi connectivity index (χ0v) is 6.15. The largest absolute Gasteiger partial charge is 0.383 e. The van der Waals surface area contributed by atoms with Crippen molar-refractivity contribution in [1.82, 2.24) is 4.98 Å². The van der Waals surface area contributed by atoms with Gasteiger partial charge in [-0.25, -0.2) is 0 Å². The summed E-state index contributed by atoms with van der Waals surface area (Å²) in [5.74, 6) is 0. The summed E-state index contributed by atoms with van der Waals surface area (Å²) >= 11 is 5.87. The summed E-state index contributed by atoms with van der Waals surface area (Å²) in [6, 6.07) is 0. The molecule has 0 saturated heterocycles. The van der Waals surface area contributed by atoms with Crippen LogP contribution in [0.2, 0.25) is 5.02 Å². The van der Waals surface area contributed by atoms with Crippen LogP contribution in [0.15, 0.2) is 12.4 Å². The molecule has 0 radical (unpaired) electrons. The summed E-state index contributed by atoms with van der Waals surface area (Å²) in [5, 5.41) is 3.97. The van der Waals surface area contributed by atoms with Crippen molar-refractivity contribution in [2.24, 2.45) is 0 Å². The highest BCUT2D eigenvalue weighted by Gasteiger charge is 2.12. The molecule has 0 amide bonds. The first-order valence-electron chi connectivity index (χ1n) is 3.24. The Labute approximate surface area is 64.2 Å². The fraction of sp³-hybridized carbons (Fsp3) is 0.286. The maximum absolute atomic E-state index is 5.87. The lowest BCUT2D eigenvalue weighted by molar-refractivity contribution is 1.10. The van der Waals surface area contributed by atoms with E-state index in [1.54, 1.807) is 6.20 Å². The van der Waals surface area contributed by atoms with E-state index in [1.165, 1.54) is 5.56 Å². The smallest absolute Gasteiger partial charge is 0.0642 e. The van der Waals surface area contributed by atoms with Gasteiger partial charge in [0, 0.05) is 12.7 Å². The molecule has 10 heavy (non-hydrogen) atoms. The molecule has 1 N–H and O–H groups in total. The molecular formula is C7H7ClN2. The minimum absolute atomic E-state index is 0.780. The Balaban J connectivity index is 2.59. The molecule has 1 aliphatic rings. The standard InChI is InChI=1S/C7H7ClN2/c8-6-3-9-4-7-5(6)1-2-10-7/h3-4,10H,1-2H2. The van der Waals surface area contributed by atoms with E-state index in [2.05, 4.69) is 10.3 Å². The van der Waals surface area contributed by atoms with Crippen molar-refractivity contribution < 1.29 is 0 Å². The molecule has 1 aliphatic heterocycles. The molecule has 1 aromatic heterocycles. The predicted octanol–water partition coefficient (Wildman–Crippen LogP) is 1.70. The highest BCUT2D eigenvalue weighted by Crippen LogP contribution is 2.26. The quantitative estimate of drug-likeness (QED) is 0.616. The first-order chi connectivity index (χ1) is 4.88. The van der Waals surface area contributed by atoms with E-state index in [0.717, 1.165) is 23.7 Å². The second-order valence-electron chi connectivity index (χ2n) is 2.32. The van der Waals surface area contributed by atoms with Crippen LogP contribution in [0.3, 0.4) is 0 Å². The topological polar surface area (TPSA) is 24.9 Å². The zero-order chi connectivity index (χ0) is 6.97. The van der Waals surface area contributed by atoms with E-state index < -0.39 is 0 Å². The van der Waals surface area contributed by atoms with E-state index in [1.807, 2.05) is 6.20 Å². The number of aromatic nitrogens is 1. The molecule has 3 heteroatoms. The van der Waals surface area contributed by atoms with E-state index in [0.29, 0.717) is 0 Å². The van der Waals surface area contributed by atoms with Crippen LogP contribution in [-0.2, 0) is 6.42 Å². The van der Waals surface area contributed by atoms with Crippen molar-refractivity contribution >= 4 is 17.3 Å². The van der Waals surface area contributed by atoms with E-state index >= 15 is 0 Å². The Morgan fingerprint density at radius 3 is 3.20 bits per heavy atom. The third kappa shape index (κ3) is 0.762. The monoisotopic (exact) mass is 154 g/mol. The van der Waals surface area contributed by atoms with Crippen LogP contribution in [0, 0.1) is 0 Å². The Kier molecular flexibility index (Phi) is 1.27. The Hall–Kier alpha value is -0.760. The van der Waals surface area contributed by atoms with Crippen LogP contribution in [-0.4, -0.2) is 11.5 Å². The van der Waals surface area contributed by atoms with Gasteiger partial charge < -0.3 is 5.32 Å². The summed E-state index contributed by atoms with van der Waals surface area (Å²) in [7, 11) is 0. The summed E-state index contributed by atoms with van der Waals surface area (Å²) in [6.45, 7) is 0.987. The van der Waals surface area contributed by atoms with Crippen molar-refractivity contribution in [1.29, 1.82) is 0 Å². The summed E-state index contributed by atoms with van der Waals surface area (Å²) in [4.78, 5) is 3.96. The van der Waals surface area contributed by atoms with Crippen LogP contribution >= 0.6 is 11.6 Å². The number of rotatable bonds is 0. The SMILES string of the molecule is Clc1cncc2c1CCN2. The van der Waals surface area contributed by atoms with Crippen molar-refractivity contribution in [2.45, 2.75) is 6.42 Å². The first kappa shape index (κ1) is 5.98. The number of hydrogen-bond donors (Lipinski definition) is 1. The lowest BCUT2D eigenvalue weighted by atomic mass is 10.2. The summed E-state index contributed by atoms with van der Waals surface area (Å²) in [5.41, 5.74) is 2.30. The number of hydrogen-bond acceptors (Lipinski definition) is 2. The van der Waals surface area contributed by atoms with Gasteiger partial charge in [0.1, 0.15) is 0 Å². The van der Waals surface area contributed by atoms with Gasteiger partial charge in [0.05, 0.1) is 16.9 Å². The normalized spacial score (nSPS) is 14.5. The molecule has 0 unspecified atom stereocenters. The van der Waals surface area contributed by atoms with Gasteiger partial charge in [0.15, 0.2) is 0 Å². The molecular weight excluding hydrogens is 148 g/mol. The lowest BCUT2D eigenvalue weighted by Gasteiger charge is -1.97. The molecule has 2 nitrogen and oxygen atoms in total. The average Bonchev–Trinajstić information content (AvgIpc) is 2.36. The van der Waals surface area contributed by atoms with Crippen LogP contribution in [0.4, 0.5) is 5.69 Å². The Morgan fingerprint density at radius 2 is 2.40 bits per heavy atom. The fourth-order valence-corrected chi connectivity index (χ4v) is 1.44. The molecule has 0 aliphatic carbocycles. The van der Waals surface area contributed by atoms with Crippen molar-refractivity contribution in [3.63, 3.8) is 0 Å². The van der Waals surface area contributed by atoms with Gasteiger partial charge in [-0.1, -0.05) is 11.6 Å². The molecule has 0 fully saturated rings. The molecule has 2 heterocycles. The third-order valence-electron chi connectivity index (χ3n) is 1.70. The highest BCUT2D eigenvalue weighted by molar-refractivity contribution is 6.31. The molecule has 0 atom stereocenters. The molecule has 2 rings (SSSR count). The van der Waals surface area contributed by atoms with Crippen LogP contribution in [0.1, 0.15) is 5.56 Å². The van der Waals surface area contributed by atoms with Gasteiger partial charge in [-0.05, 0) is 12.0 Å². The minimum Gasteiger partial charge on any atom is -0.383 e. The number of halogens is 1. The second-order valence-corrected chi connectivity index (χ2v) is 2.73.